The van der Waals surface area contributed by atoms with Crippen LogP contribution in [0.4, 0.5) is 5.69 Å². The van der Waals surface area contributed by atoms with Crippen molar-refractivity contribution in [1.82, 2.24) is 5.32 Å². The summed E-state index contributed by atoms with van der Waals surface area (Å²) in [4.78, 5) is 12.7. The van der Waals surface area contributed by atoms with Crippen LogP contribution in [-0.4, -0.2) is 34.0 Å². The SMILES string of the molecule is Cc1ccc(C)c(OCCNC(=O)CN(c2cc(Cl)cc(Cl)c2)S(=O)(=O)c2ccccc2)c1. The molecule has 1 N–H and O–H groups in total. The first-order valence-corrected chi connectivity index (χ1v) is 12.4. The summed E-state index contributed by atoms with van der Waals surface area (Å²) in [6.07, 6.45) is 0. The van der Waals surface area contributed by atoms with Crippen molar-refractivity contribution in [2.75, 3.05) is 24.0 Å². The molecule has 0 aliphatic carbocycles. The van der Waals surface area contributed by atoms with Gasteiger partial charge in [-0.2, -0.15) is 0 Å². The zero-order valence-corrected chi connectivity index (χ0v) is 20.5. The molecule has 0 spiro atoms. The number of rotatable bonds is 9. The van der Waals surface area contributed by atoms with Crippen molar-refractivity contribution in [3.05, 3.63) is 87.9 Å². The van der Waals surface area contributed by atoms with Gasteiger partial charge in [-0.25, -0.2) is 8.42 Å². The first kappa shape index (κ1) is 24.9. The van der Waals surface area contributed by atoms with Gasteiger partial charge >= 0.3 is 0 Å². The molecule has 1 amide bonds. The Morgan fingerprint density at radius 2 is 1.64 bits per heavy atom. The van der Waals surface area contributed by atoms with Crippen molar-refractivity contribution in [3.8, 4) is 5.75 Å². The van der Waals surface area contributed by atoms with Crippen LogP contribution in [0.25, 0.3) is 0 Å². The molecule has 174 valence electrons. The lowest BCUT2D eigenvalue weighted by molar-refractivity contribution is -0.119. The summed E-state index contributed by atoms with van der Waals surface area (Å²) in [5.41, 5.74) is 2.25. The van der Waals surface area contributed by atoms with Crippen LogP contribution in [0, 0.1) is 13.8 Å². The zero-order valence-electron chi connectivity index (χ0n) is 18.2. The molecule has 3 aromatic rings. The van der Waals surface area contributed by atoms with Gasteiger partial charge in [-0.05, 0) is 61.4 Å². The van der Waals surface area contributed by atoms with Crippen molar-refractivity contribution >= 4 is 44.8 Å². The van der Waals surface area contributed by atoms with Crippen LogP contribution < -0.4 is 14.4 Å². The molecule has 0 bridgehead atoms. The van der Waals surface area contributed by atoms with Gasteiger partial charge < -0.3 is 10.1 Å². The number of amides is 1. The standard InChI is InChI=1S/C24H24Cl2N2O4S/c1-17-8-9-18(2)23(12-17)32-11-10-27-24(29)16-28(21-14-19(25)13-20(26)15-21)33(30,31)22-6-4-3-5-7-22/h3-9,12-15H,10-11,16H2,1-2H3,(H,27,29). The summed E-state index contributed by atoms with van der Waals surface area (Å²) in [7, 11) is -4.04. The molecule has 0 aromatic heterocycles. The molecule has 6 nitrogen and oxygen atoms in total. The molecule has 0 aliphatic rings. The lowest BCUT2D eigenvalue weighted by atomic mass is 10.1. The summed E-state index contributed by atoms with van der Waals surface area (Å²) in [5.74, 6) is 0.251. The van der Waals surface area contributed by atoms with Crippen LogP contribution in [0.2, 0.25) is 10.0 Å². The maximum atomic E-state index is 13.3. The average molecular weight is 507 g/mol. The van der Waals surface area contributed by atoms with E-state index < -0.39 is 22.5 Å². The van der Waals surface area contributed by atoms with Gasteiger partial charge in [0.05, 0.1) is 17.1 Å². The Kier molecular flexibility index (Phi) is 8.24. The summed E-state index contributed by atoms with van der Waals surface area (Å²) in [5, 5.41) is 3.22. The van der Waals surface area contributed by atoms with Gasteiger partial charge in [0.25, 0.3) is 10.0 Å². The second-order valence-electron chi connectivity index (χ2n) is 7.42. The van der Waals surface area contributed by atoms with E-state index in [-0.39, 0.29) is 33.8 Å². The Bertz CT molecular complexity index is 1210. The quantitative estimate of drug-likeness (QED) is 0.414. The van der Waals surface area contributed by atoms with Gasteiger partial charge in [-0.15, -0.1) is 0 Å². The Morgan fingerprint density at radius 3 is 2.30 bits per heavy atom. The van der Waals surface area contributed by atoms with Crippen LogP contribution in [0.5, 0.6) is 5.75 Å². The van der Waals surface area contributed by atoms with E-state index in [2.05, 4.69) is 5.32 Å². The fourth-order valence-electron chi connectivity index (χ4n) is 3.12. The van der Waals surface area contributed by atoms with Crippen molar-refractivity contribution in [2.24, 2.45) is 0 Å². The van der Waals surface area contributed by atoms with Crippen molar-refractivity contribution in [2.45, 2.75) is 18.7 Å². The Labute approximate surface area is 204 Å². The Balaban J connectivity index is 1.73. The van der Waals surface area contributed by atoms with Crippen LogP contribution in [-0.2, 0) is 14.8 Å². The zero-order chi connectivity index (χ0) is 24.0. The lowest BCUT2D eigenvalue weighted by Gasteiger charge is -2.24. The highest BCUT2D eigenvalue weighted by atomic mass is 35.5. The summed E-state index contributed by atoms with van der Waals surface area (Å²) in [6.45, 7) is 3.91. The number of halogens is 2. The first-order chi connectivity index (χ1) is 15.7. The van der Waals surface area contributed by atoms with Gasteiger partial charge in [0, 0.05) is 10.0 Å². The molecule has 0 saturated heterocycles. The third-order valence-electron chi connectivity index (χ3n) is 4.78. The molecule has 0 fully saturated rings. The second kappa shape index (κ2) is 10.9. The minimum Gasteiger partial charge on any atom is -0.491 e. The van der Waals surface area contributed by atoms with Crippen LogP contribution in [0.3, 0.4) is 0 Å². The van der Waals surface area contributed by atoms with E-state index >= 15 is 0 Å². The number of carbonyl (C=O) groups excluding carboxylic acids is 1. The highest BCUT2D eigenvalue weighted by Crippen LogP contribution is 2.29. The van der Waals surface area contributed by atoms with Crippen molar-refractivity contribution in [1.29, 1.82) is 0 Å². The fraction of sp³-hybridized carbons (Fsp3) is 0.208. The highest BCUT2D eigenvalue weighted by molar-refractivity contribution is 7.92. The van der Waals surface area contributed by atoms with E-state index in [1.165, 1.54) is 30.3 Å². The minimum absolute atomic E-state index is 0.0483. The molecule has 0 unspecified atom stereocenters. The molecule has 0 saturated carbocycles. The number of sulfonamides is 1. The number of hydrogen-bond donors (Lipinski definition) is 1. The van der Waals surface area contributed by atoms with E-state index in [0.29, 0.717) is 0 Å². The predicted octanol–water partition coefficient (Wildman–Crippen LogP) is 5.00. The number of hydrogen-bond acceptors (Lipinski definition) is 4. The number of carbonyl (C=O) groups is 1. The predicted molar refractivity (Wildman–Crippen MR) is 132 cm³/mol. The molecule has 3 aromatic carbocycles. The lowest BCUT2D eigenvalue weighted by Crippen LogP contribution is -2.42. The summed E-state index contributed by atoms with van der Waals surface area (Å²) < 4.78 is 33.4. The average Bonchev–Trinajstić information content (AvgIpc) is 2.77. The highest BCUT2D eigenvalue weighted by Gasteiger charge is 2.27. The van der Waals surface area contributed by atoms with Gasteiger partial charge in [0.15, 0.2) is 0 Å². The number of ether oxygens (including phenoxy) is 1. The largest absolute Gasteiger partial charge is 0.491 e. The van der Waals surface area contributed by atoms with Crippen LogP contribution in [0.1, 0.15) is 11.1 Å². The van der Waals surface area contributed by atoms with E-state index in [0.717, 1.165) is 21.2 Å². The molecule has 0 aliphatic heterocycles. The van der Waals surface area contributed by atoms with E-state index in [4.69, 9.17) is 27.9 Å². The maximum absolute atomic E-state index is 13.3. The molecule has 3 rings (SSSR count). The third kappa shape index (κ3) is 6.63. The second-order valence-corrected chi connectivity index (χ2v) is 10.2. The number of benzene rings is 3. The van der Waals surface area contributed by atoms with Gasteiger partial charge in [0.1, 0.15) is 18.9 Å². The first-order valence-electron chi connectivity index (χ1n) is 10.2. The number of anilines is 1. The Morgan fingerprint density at radius 1 is 0.970 bits per heavy atom. The minimum atomic E-state index is -4.04. The Hall–Kier alpha value is -2.74. The summed E-state index contributed by atoms with van der Waals surface area (Å²) in [6, 6.07) is 18.1. The smallest absolute Gasteiger partial charge is 0.264 e. The molecular formula is C24H24Cl2N2O4S. The third-order valence-corrected chi connectivity index (χ3v) is 7.00. The van der Waals surface area contributed by atoms with Crippen LogP contribution >= 0.6 is 23.2 Å². The van der Waals surface area contributed by atoms with Gasteiger partial charge in [-0.3, -0.25) is 9.10 Å². The van der Waals surface area contributed by atoms with E-state index in [1.54, 1.807) is 18.2 Å². The molecule has 9 heteroatoms. The van der Waals surface area contributed by atoms with E-state index in [9.17, 15) is 13.2 Å². The molecule has 33 heavy (non-hydrogen) atoms. The molecular weight excluding hydrogens is 483 g/mol. The van der Waals surface area contributed by atoms with Gasteiger partial charge in [-0.1, -0.05) is 53.5 Å². The monoisotopic (exact) mass is 506 g/mol. The fourth-order valence-corrected chi connectivity index (χ4v) is 5.06. The number of nitrogens with zero attached hydrogens (tertiary/aromatic N) is 1. The molecule has 0 atom stereocenters. The number of aryl methyl sites for hydroxylation is 2. The normalized spacial score (nSPS) is 11.2. The summed E-state index contributed by atoms with van der Waals surface area (Å²) >= 11 is 12.2. The van der Waals surface area contributed by atoms with E-state index in [1.807, 2.05) is 32.0 Å². The van der Waals surface area contributed by atoms with Crippen molar-refractivity contribution in [3.63, 3.8) is 0 Å². The molecule has 0 heterocycles. The van der Waals surface area contributed by atoms with Gasteiger partial charge in [0.2, 0.25) is 5.91 Å². The topological polar surface area (TPSA) is 75.7 Å². The number of nitrogens with one attached hydrogen (secondary N) is 1. The molecule has 0 radical (unpaired) electrons. The maximum Gasteiger partial charge on any atom is 0.264 e. The van der Waals surface area contributed by atoms with Crippen LogP contribution in [0.15, 0.2) is 71.6 Å². The van der Waals surface area contributed by atoms with Crippen molar-refractivity contribution < 1.29 is 17.9 Å².